The Morgan fingerprint density at radius 2 is 2.00 bits per heavy atom. The third-order valence-electron chi connectivity index (χ3n) is 5.36. The van der Waals surface area contributed by atoms with Gasteiger partial charge in [0.25, 0.3) is 0 Å². The first kappa shape index (κ1) is 14.1. The lowest BCUT2D eigenvalue weighted by Crippen LogP contribution is -2.51. The largest absolute Gasteiger partial charge is 0.388 e. The molecule has 114 valence electrons. The van der Waals surface area contributed by atoms with E-state index < -0.39 is 5.60 Å². The minimum absolute atomic E-state index is 0.434. The fourth-order valence-corrected chi connectivity index (χ4v) is 3.67. The number of nitrogens with zero attached hydrogens (tertiary/aromatic N) is 2. The van der Waals surface area contributed by atoms with Gasteiger partial charge in [0.2, 0.25) is 0 Å². The minimum atomic E-state index is -0.494. The van der Waals surface area contributed by atoms with Crippen LogP contribution in [0.4, 0.5) is 0 Å². The fourth-order valence-electron chi connectivity index (χ4n) is 3.67. The number of hydrogen-bond acceptors (Lipinski definition) is 3. The van der Waals surface area contributed by atoms with Crippen LogP contribution >= 0.6 is 0 Å². The molecule has 0 unspecified atom stereocenters. The van der Waals surface area contributed by atoms with E-state index >= 15 is 0 Å². The summed E-state index contributed by atoms with van der Waals surface area (Å²) in [6, 6.07) is 0. The fraction of sp³-hybridized carbons (Fsp3) is 0.933. The van der Waals surface area contributed by atoms with Crippen molar-refractivity contribution in [2.24, 2.45) is 10.4 Å². The SMILES string of the molecule is CN=C(NCC1(O)CCC1)N1CCC2(CCOCC2)C1. The van der Waals surface area contributed by atoms with E-state index in [4.69, 9.17) is 4.74 Å². The summed E-state index contributed by atoms with van der Waals surface area (Å²) in [7, 11) is 1.84. The zero-order valence-corrected chi connectivity index (χ0v) is 12.5. The number of aliphatic imine (C=N–C) groups is 1. The number of likely N-dealkylation sites (tertiary alicyclic amines) is 1. The molecule has 0 aromatic rings. The molecule has 2 N–H and O–H groups in total. The van der Waals surface area contributed by atoms with E-state index in [1.165, 1.54) is 19.3 Å². The molecule has 3 fully saturated rings. The van der Waals surface area contributed by atoms with E-state index in [1.54, 1.807) is 0 Å². The molecule has 0 aromatic carbocycles. The molecule has 5 heteroatoms. The first-order valence-electron chi connectivity index (χ1n) is 7.91. The zero-order valence-electron chi connectivity index (χ0n) is 12.5. The van der Waals surface area contributed by atoms with Crippen LogP contribution in [0.15, 0.2) is 4.99 Å². The highest BCUT2D eigenvalue weighted by atomic mass is 16.5. The van der Waals surface area contributed by atoms with Gasteiger partial charge in [-0.25, -0.2) is 0 Å². The van der Waals surface area contributed by atoms with Crippen LogP contribution in [-0.4, -0.2) is 61.5 Å². The maximum atomic E-state index is 10.2. The Bertz CT molecular complexity index is 373. The molecule has 1 spiro atoms. The lowest BCUT2D eigenvalue weighted by molar-refractivity contribution is -0.0283. The van der Waals surface area contributed by atoms with Crippen molar-refractivity contribution in [3.05, 3.63) is 0 Å². The molecular formula is C15H27N3O2. The molecule has 3 aliphatic rings. The lowest BCUT2D eigenvalue weighted by atomic mass is 9.80. The van der Waals surface area contributed by atoms with Crippen LogP contribution in [0, 0.1) is 5.41 Å². The van der Waals surface area contributed by atoms with E-state index in [0.717, 1.165) is 51.5 Å². The molecule has 1 saturated carbocycles. The van der Waals surface area contributed by atoms with E-state index in [0.29, 0.717) is 12.0 Å². The van der Waals surface area contributed by atoms with Crippen molar-refractivity contribution in [1.82, 2.24) is 10.2 Å². The molecule has 20 heavy (non-hydrogen) atoms. The molecule has 0 aromatic heterocycles. The highest BCUT2D eigenvalue weighted by Crippen LogP contribution is 2.39. The van der Waals surface area contributed by atoms with Crippen molar-refractivity contribution in [3.63, 3.8) is 0 Å². The van der Waals surface area contributed by atoms with Crippen LogP contribution in [0.2, 0.25) is 0 Å². The molecule has 3 rings (SSSR count). The van der Waals surface area contributed by atoms with Crippen molar-refractivity contribution in [2.75, 3.05) is 39.9 Å². The van der Waals surface area contributed by atoms with E-state index in [2.05, 4.69) is 15.2 Å². The highest BCUT2D eigenvalue weighted by Gasteiger charge is 2.41. The van der Waals surface area contributed by atoms with Gasteiger partial charge in [0.05, 0.1) is 5.60 Å². The number of nitrogens with one attached hydrogen (secondary N) is 1. The van der Waals surface area contributed by atoms with Gasteiger partial charge in [-0.15, -0.1) is 0 Å². The maximum Gasteiger partial charge on any atom is 0.193 e. The molecule has 2 aliphatic heterocycles. The maximum absolute atomic E-state index is 10.2. The molecule has 2 heterocycles. The van der Waals surface area contributed by atoms with Crippen molar-refractivity contribution in [1.29, 1.82) is 0 Å². The van der Waals surface area contributed by atoms with Gasteiger partial charge in [-0.3, -0.25) is 4.99 Å². The summed E-state index contributed by atoms with van der Waals surface area (Å²) in [4.78, 5) is 6.75. The van der Waals surface area contributed by atoms with Gasteiger partial charge in [0.15, 0.2) is 5.96 Å². The molecule has 5 nitrogen and oxygen atoms in total. The predicted molar refractivity (Wildman–Crippen MR) is 78.8 cm³/mol. The van der Waals surface area contributed by atoms with Crippen LogP contribution in [0.1, 0.15) is 38.5 Å². The van der Waals surface area contributed by atoms with Crippen LogP contribution in [0.5, 0.6) is 0 Å². The standard InChI is InChI=1S/C15H27N3O2/c1-16-13(17-11-15(19)3-2-4-15)18-8-5-14(12-18)6-9-20-10-7-14/h19H,2-12H2,1H3,(H,16,17). The molecule has 1 aliphatic carbocycles. The Kier molecular flexibility index (Phi) is 3.91. The van der Waals surface area contributed by atoms with Crippen LogP contribution in [0.25, 0.3) is 0 Å². The Morgan fingerprint density at radius 3 is 2.60 bits per heavy atom. The first-order valence-corrected chi connectivity index (χ1v) is 7.91. The molecule has 0 bridgehead atoms. The highest BCUT2D eigenvalue weighted by molar-refractivity contribution is 5.80. The topological polar surface area (TPSA) is 57.1 Å². The Hall–Kier alpha value is -0.810. The first-order chi connectivity index (χ1) is 9.65. The molecule has 0 atom stereocenters. The quantitative estimate of drug-likeness (QED) is 0.585. The average Bonchev–Trinajstić information content (AvgIpc) is 2.82. The Labute approximate surface area is 121 Å². The van der Waals surface area contributed by atoms with Crippen molar-refractivity contribution in [3.8, 4) is 0 Å². The van der Waals surface area contributed by atoms with Crippen LogP contribution in [0.3, 0.4) is 0 Å². The second-order valence-electron chi connectivity index (χ2n) is 6.76. The zero-order chi connectivity index (χ0) is 14.1. The summed E-state index contributed by atoms with van der Waals surface area (Å²) in [5.41, 5.74) is -0.0602. The van der Waals surface area contributed by atoms with Crippen molar-refractivity contribution in [2.45, 2.75) is 44.1 Å². The van der Waals surface area contributed by atoms with Gasteiger partial charge in [0, 0.05) is 39.9 Å². The molecule has 0 radical (unpaired) electrons. The molecule has 2 saturated heterocycles. The number of hydrogen-bond donors (Lipinski definition) is 2. The van der Waals surface area contributed by atoms with E-state index in [9.17, 15) is 5.11 Å². The average molecular weight is 281 g/mol. The number of guanidine groups is 1. The van der Waals surface area contributed by atoms with Gasteiger partial charge >= 0.3 is 0 Å². The number of ether oxygens (including phenoxy) is 1. The summed E-state index contributed by atoms with van der Waals surface area (Å²) in [6.45, 7) is 4.58. The lowest BCUT2D eigenvalue weighted by Gasteiger charge is -2.38. The molecule has 0 amide bonds. The summed E-state index contributed by atoms with van der Waals surface area (Å²) < 4.78 is 5.50. The van der Waals surface area contributed by atoms with E-state index in [-0.39, 0.29) is 0 Å². The summed E-state index contributed by atoms with van der Waals surface area (Å²) in [6.07, 6.45) is 6.55. The Morgan fingerprint density at radius 1 is 1.25 bits per heavy atom. The van der Waals surface area contributed by atoms with Crippen molar-refractivity contribution >= 4 is 5.96 Å². The Balaban J connectivity index is 1.54. The van der Waals surface area contributed by atoms with Gasteiger partial charge in [-0.05, 0) is 43.9 Å². The van der Waals surface area contributed by atoms with Gasteiger partial charge in [0.1, 0.15) is 0 Å². The van der Waals surface area contributed by atoms with Crippen LogP contribution < -0.4 is 5.32 Å². The monoisotopic (exact) mass is 281 g/mol. The minimum Gasteiger partial charge on any atom is -0.388 e. The smallest absolute Gasteiger partial charge is 0.193 e. The third-order valence-corrected chi connectivity index (χ3v) is 5.36. The van der Waals surface area contributed by atoms with Crippen molar-refractivity contribution < 1.29 is 9.84 Å². The van der Waals surface area contributed by atoms with E-state index in [1.807, 2.05) is 7.05 Å². The van der Waals surface area contributed by atoms with Crippen LogP contribution in [-0.2, 0) is 4.74 Å². The predicted octanol–water partition coefficient (Wildman–Crippen LogP) is 0.979. The number of aliphatic hydroxyl groups is 1. The van der Waals surface area contributed by atoms with Gasteiger partial charge < -0.3 is 20.1 Å². The normalized spacial score (nSPS) is 28.5. The molecular weight excluding hydrogens is 254 g/mol. The second kappa shape index (κ2) is 5.53. The number of rotatable bonds is 2. The third kappa shape index (κ3) is 2.79. The second-order valence-corrected chi connectivity index (χ2v) is 6.76. The summed E-state index contributed by atoms with van der Waals surface area (Å²) in [5.74, 6) is 0.952. The summed E-state index contributed by atoms with van der Waals surface area (Å²) in [5, 5.41) is 13.6. The summed E-state index contributed by atoms with van der Waals surface area (Å²) >= 11 is 0. The van der Waals surface area contributed by atoms with Gasteiger partial charge in [-0.2, -0.15) is 0 Å². The van der Waals surface area contributed by atoms with Gasteiger partial charge in [-0.1, -0.05) is 0 Å².